The molecule has 1 saturated heterocycles. The lowest BCUT2D eigenvalue weighted by Gasteiger charge is -2.29. The van der Waals surface area contributed by atoms with Gasteiger partial charge in [0.05, 0.1) is 5.02 Å². The van der Waals surface area contributed by atoms with Crippen molar-refractivity contribution in [3.05, 3.63) is 22.3 Å². The molecule has 0 bridgehead atoms. The maximum atomic E-state index is 6.42. The standard InChI is InChI=1S/C14H20ClN3.2ClH/c15-12-10-11-4-6-16-7-5-13(11)17-14(12)18-8-2-1-3-9-18;;/h10,16H,1-9H2;2*1H. The van der Waals surface area contributed by atoms with Crippen LogP contribution < -0.4 is 10.2 Å². The van der Waals surface area contributed by atoms with Gasteiger partial charge in [-0.05, 0) is 43.9 Å². The number of halogens is 3. The van der Waals surface area contributed by atoms with Crippen molar-refractivity contribution in [1.82, 2.24) is 10.3 Å². The van der Waals surface area contributed by atoms with Crippen LogP contribution in [0.25, 0.3) is 0 Å². The summed E-state index contributed by atoms with van der Waals surface area (Å²) < 4.78 is 0. The Hall–Kier alpha value is -0.220. The molecule has 2 aliphatic rings. The summed E-state index contributed by atoms with van der Waals surface area (Å²) in [6.45, 7) is 4.27. The van der Waals surface area contributed by atoms with Crippen LogP contribution in [-0.2, 0) is 12.8 Å². The largest absolute Gasteiger partial charge is 0.355 e. The minimum Gasteiger partial charge on any atom is -0.355 e. The van der Waals surface area contributed by atoms with Gasteiger partial charge in [-0.1, -0.05) is 11.6 Å². The molecular formula is C14H22Cl3N3. The van der Waals surface area contributed by atoms with Crippen LogP contribution in [0.3, 0.4) is 0 Å². The van der Waals surface area contributed by atoms with Crippen LogP contribution in [0.4, 0.5) is 5.82 Å². The van der Waals surface area contributed by atoms with Crippen LogP contribution in [0.15, 0.2) is 6.07 Å². The van der Waals surface area contributed by atoms with Gasteiger partial charge in [-0.3, -0.25) is 0 Å². The van der Waals surface area contributed by atoms with Gasteiger partial charge < -0.3 is 10.2 Å². The highest BCUT2D eigenvalue weighted by Gasteiger charge is 2.18. The van der Waals surface area contributed by atoms with Crippen molar-refractivity contribution in [3.8, 4) is 0 Å². The second kappa shape index (κ2) is 8.28. The molecule has 1 fully saturated rings. The van der Waals surface area contributed by atoms with E-state index in [4.69, 9.17) is 16.6 Å². The lowest BCUT2D eigenvalue weighted by molar-refractivity contribution is 0.572. The van der Waals surface area contributed by atoms with E-state index in [1.54, 1.807) is 0 Å². The van der Waals surface area contributed by atoms with Crippen LogP contribution >= 0.6 is 36.4 Å². The Morgan fingerprint density at radius 3 is 2.50 bits per heavy atom. The van der Waals surface area contributed by atoms with Crippen LogP contribution in [-0.4, -0.2) is 31.2 Å². The molecule has 0 aliphatic carbocycles. The summed E-state index contributed by atoms with van der Waals surface area (Å²) >= 11 is 6.42. The van der Waals surface area contributed by atoms with E-state index in [0.29, 0.717) is 0 Å². The van der Waals surface area contributed by atoms with E-state index in [0.717, 1.165) is 49.9 Å². The first-order chi connectivity index (χ1) is 8.84. The van der Waals surface area contributed by atoms with E-state index in [-0.39, 0.29) is 24.8 Å². The third-order valence-corrected chi connectivity index (χ3v) is 4.17. The van der Waals surface area contributed by atoms with Crippen LogP contribution in [0.2, 0.25) is 5.02 Å². The Labute approximate surface area is 138 Å². The molecule has 20 heavy (non-hydrogen) atoms. The maximum absolute atomic E-state index is 6.42. The molecule has 0 amide bonds. The molecule has 0 unspecified atom stereocenters. The minimum atomic E-state index is 0. The number of fused-ring (bicyclic) bond motifs is 1. The van der Waals surface area contributed by atoms with E-state index in [9.17, 15) is 0 Å². The lowest BCUT2D eigenvalue weighted by Crippen LogP contribution is -2.30. The smallest absolute Gasteiger partial charge is 0.147 e. The molecule has 1 N–H and O–H groups in total. The molecule has 0 aromatic carbocycles. The molecule has 0 spiro atoms. The Kier molecular flexibility index (Phi) is 7.38. The predicted molar refractivity (Wildman–Crippen MR) is 90.1 cm³/mol. The number of hydrogen-bond donors (Lipinski definition) is 1. The molecule has 6 heteroatoms. The van der Waals surface area contributed by atoms with E-state index in [2.05, 4.69) is 16.3 Å². The zero-order chi connectivity index (χ0) is 12.4. The van der Waals surface area contributed by atoms with Gasteiger partial charge in [-0.25, -0.2) is 4.98 Å². The number of piperidine rings is 1. The van der Waals surface area contributed by atoms with Crippen molar-refractivity contribution < 1.29 is 0 Å². The number of pyridine rings is 1. The molecular weight excluding hydrogens is 317 g/mol. The minimum absolute atomic E-state index is 0. The van der Waals surface area contributed by atoms with Crippen LogP contribution in [0, 0.1) is 0 Å². The van der Waals surface area contributed by atoms with E-state index >= 15 is 0 Å². The molecule has 2 aliphatic heterocycles. The first kappa shape index (κ1) is 17.8. The molecule has 114 valence electrons. The summed E-state index contributed by atoms with van der Waals surface area (Å²) in [4.78, 5) is 7.20. The lowest BCUT2D eigenvalue weighted by atomic mass is 10.1. The number of aromatic nitrogens is 1. The van der Waals surface area contributed by atoms with Crippen molar-refractivity contribution >= 4 is 42.2 Å². The van der Waals surface area contributed by atoms with E-state index in [1.165, 1.54) is 30.5 Å². The fourth-order valence-electron chi connectivity index (χ4n) is 2.87. The summed E-state index contributed by atoms with van der Waals surface area (Å²) in [5.41, 5.74) is 2.57. The first-order valence-electron chi connectivity index (χ1n) is 6.98. The Morgan fingerprint density at radius 1 is 1.05 bits per heavy atom. The Bertz CT molecular complexity index is 434. The van der Waals surface area contributed by atoms with Gasteiger partial charge >= 0.3 is 0 Å². The molecule has 0 atom stereocenters. The van der Waals surface area contributed by atoms with Gasteiger partial charge in [0.25, 0.3) is 0 Å². The molecule has 3 heterocycles. The fourth-order valence-corrected chi connectivity index (χ4v) is 3.16. The third kappa shape index (κ3) is 3.91. The number of nitrogens with zero attached hydrogens (tertiary/aromatic N) is 2. The van der Waals surface area contributed by atoms with Gasteiger partial charge in [0, 0.05) is 31.7 Å². The molecule has 0 saturated carbocycles. The average molecular weight is 339 g/mol. The average Bonchev–Trinajstić information content (AvgIpc) is 2.63. The molecule has 3 nitrogen and oxygen atoms in total. The molecule has 0 radical (unpaired) electrons. The van der Waals surface area contributed by atoms with Crippen molar-refractivity contribution in [1.29, 1.82) is 0 Å². The maximum Gasteiger partial charge on any atom is 0.147 e. The summed E-state index contributed by atoms with van der Waals surface area (Å²) in [5, 5.41) is 4.25. The predicted octanol–water partition coefficient (Wildman–Crippen LogP) is 3.26. The number of hydrogen-bond acceptors (Lipinski definition) is 3. The highest BCUT2D eigenvalue weighted by atomic mass is 35.5. The SMILES string of the molecule is Cl.Cl.Clc1cc2c(nc1N1CCCCC1)CCNCC2. The zero-order valence-electron chi connectivity index (χ0n) is 11.5. The quantitative estimate of drug-likeness (QED) is 0.852. The Morgan fingerprint density at radius 2 is 1.75 bits per heavy atom. The van der Waals surface area contributed by atoms with Gasteiger partial charge in [-0.2, -0.15) is 0 Å². The zero-order valence-corrected chi connectivity index (χ0v) is 13.9. The molecule has 1 aromatic rings. The molecule has 1 aromatic heterocycles. The monoisotopic (exact) mass is 337 g/mol. The Balaban J connectivity index is 0.000001000. The van der Waals surface area contributed by atoms with Crippen molar-refractivity contribution in [2.75, 3.05) is 31.1 Å². The molecule has 3 rings (SSSR count). The number of rotatable bonds is 1. The van der Waals surface area contributed by atoms with Gasteiger partial charge in [-0.15, -0.1) is 24.8 Å². The van der Waals surface area contributed by atoms with Crippen molar-refractivity contribution in [3.63, 3.8) is 0 Å². The highest BCUT2D eigenvalue weighted by molar-refractivity contribution is 6.33. The van der Waals surface area contributed by atoms with Crippen LogP contribution in [0.1, 0.15) is 30.5 Å². The summed E-state index contributed by atoms with van der Waals surface area (Å²) in [6, 6.07) is 2.14. The number of nitrogens with one attached hydrogen (secondary N) is 1. The summed E-state index contributed by atoms with van der Waals surface area (Å²) in [5.74, 6) is 1.01. The summed E-state index contributed by atoms with van der Waals surface area (Å²) in [6.07, 6.45) is 5.92. The van der Waals surface area contributed by atoms with Gasteiger partial charge in [0.2, 0.25) is 0 Å². The topological polar surface area (TPSA) is 28.2 Å². The number of anilines is 1. The van der Waals surface area contributed by atoms with Crippen molar-refractivity contribution in [2.45, 2.75) is 32.1 Å². The van der Waals surface area contributed by atoms with Crippen molar-refractivity contribution in [2.24, 2.45) is 0 Å². The second-order valence-corrected chi connectivity index (χ2v) is 5.60. The fraction of sp³-hybridized carbons (Fsp3) is 0.643. The third-order valence-electron chi connectivity index (χ3n) is 3.89. The first-order valence-corrected chi connectivity index (χ1v) is 7.36. The van der Waals surface area contributed by atoms with E-state index in [1.807, 2.05) is 0 Å². The van der Waals surface area contributed by atoms with E-state index < -0.39 is 0 Å². The van der Waals surface area contributed by atoms with Gasteiger partial charge in [0.1, 0.15) is 5.82 Å². The van der Waals surface area contributed by atoms with Crippen LogP contribution in [0.5, 0.6) is 0 Å². The summed E-state index contributed by atoms with van der Waals surface area (Å²) in [7, 11) is 0. The normalized spacial score (nSPS) is 18.4. The second-order valence-electron chi connectivity index (χ2n) is 5.20. The van der Waals surface area contributed by atoms with Gasteiger partial charge in [0.15, 0.2) is 0 Å². The highest BCUT2D eigenvalue weighted by Crippen LogP contribution is 2.29.